The highest BCUT2D eigenvalue weighted by Crippen LogP contribution is 2.19. The lowest BCUT2D eigenvalue weighted by Crippen LogP contribution is -2.38. The highest BCUT2D eigenvalue weighted by molar-refractivity contribution is 7.99. The van der Waals surface area contributed by atoms with Crippen LogP contribution in [0.2, 0.25) is 0 Å². The van der Waals surface area contributed by atoms with Gasteiger partial charge in [0.25, 0.3) is 0 Å². The summed E-state index contributed by atoms with van der Waals surface area (Å²) >= 11 is 1.72. The summed E-state index contributed by atoms with van der Waals surface area (Å²) in [4.78, 5) is 11.7. The Morgan fingerprint density at radius 1 is 1.37 bits per heavy atom. The van der Waals surface area contributed by atoms with E-state index in [1.165, 1.54) is 0 Å². The van der Waals surface area contributed by atoms with Crippen LogP contribution in [0, 0.1) is 0 Å². The van der Waals surface area contributed by atoms with Gasteiger partial charge in [0.15, 0.2) is 0 Å². The van der Waals surface area contributed by atoms with Crippen molar-refractivity contribution >= 4 is 23.5 Å². The van der Waals surface area contributed by atoms with Gasteiger partial charge in [0, 0.05) is 23.0 Å². The van der Waals surface area contributed by atoms with E-state index in [4.69, 9.17) is 5.73 Å². The second-order valence-electron chi connectivity index (χ2n) is 5.18. The number of urea groups is 1. The highest BCUT2D eigenvalue weighted by atomic mass is 32.2. The standard InChI is InChI=1S/C14H23N3OS/c1-10(15)11-5-7-12(8-6-11)17-13(18)16-9-14(2,3)19-4/h5-8,10H,9,15H2,1-4H3,(H2,16,17,18). The fraction of sp³-hybridized carbons (Fsp3) is 0.500. The number of nitrogens with two attached hydrogens (primary N) is 1. The summed E-state index contributed by atoms with van der Waals surface area (Å²) in [5.41, 5.74) is 7.59. The Bertz CT molecular complexity index is 415. The summed E-state index contributed by atoms with van der Waals surface area (Å²) in [5, 5.41) is 5.67. The van der Waals surface area contributed by atoms with Crippen LogP contribution in [0.5, 0.6) is 0 Å². The molecule has 0 radical (unpaired) electrons. The first-order valence-electron chi connectivity index (χ1n) is 6.29. The lowest BCUT2D eigenvalue weighted by Gasteiger charge is -2.22. The monoisotopic (exact) mass is 281 g/mol. The molecule has 1 atom stereocenters. The van der Waals surface area contributed by atoms with Crippen LogP contribution in [-0.4, -0.2) is 23.6 Å². The molecule has 1 aromatic carbocycles. The SMILES string of the molecule is CSC(C)(C)CNC(=O)Nc1ccc(C(C)N)cc1. The summed E-state index contributed by atoms with van der Waals surface area (Å²) in [6, 6.07) is 7.38. The van der Waals surface area contributed by atoms with Gasteiger partial charge in [-0.3, -0.25) is 0 Å². The summed E-state index contributed by atoms with van der Waals surface area (Å²) in [6.07, 6.45) is 2.03. The van der Waals surface area contributed by atoms with Crippen LogP contribution in [0.4, 0.5) is 10.5 Å². The maximum Gasteiger partial charge on any atom is 0.319 e. The van der Waals surface area contributed by atoms with Gasteiger partial charge < -0.3 is 16.4 Å². The minimum Gasteiger partial charge on any atom is -0.336 e. The van der Waals surface area contributed by atoms with Crippen molar-refractivity contribution in [2.75, 3.05) is 18.1 Å². The van der Waals surface area contributed by atoms with Gasteiger partial charge >= 0.3 is 6.03 Å². The van der Waals surface area contributed by atoms with Crippen LogP contribution in [0.15, 0.2) is 24.3 Å². The maximum atomic E-state index is 11.7. The van der Waals surface area contributed by atoms with Crippen molar-refractivity contribution in [3.8, 4) is 0 Å². The summed E-state index contributed by atoms with van der Waals surface area (Å²) in [6.45, 7) is 6.74. The van der Waals surface area contributed by atoms with E-state index < -0.39 is 0 Å². The van der Waals surface area contributed by atoms with Gasteiger partial charge in [0.1, 0.15) is 0 Å². The number of benzene rings is 1. The van der Waals surface area contributed by atoms with Gasteiger partial charge in [-0.15, -0.1) is 0 Å². The van der Waals surface area contributed by atoms with E-state index in [-0.39, 0.29) is 16.8 Å². The van der Waals surface area contributed by atoms with Crippen molar-refractivity contribution in [1.29, 1.82) is 0 Å². The summed E-state index contributed by atoms with van der Waals surface area (Å²) in [5.74, 6) is 0. The van der Waals surface area contributed by atoms with E-state index in [0.29, 0.717) is 6.54 Å². The first-order chi connectivity index (χ1) is 8.84. The third kappa shape index (κ3) is 5.53. The average molecular weight is 281 g/mol. The Hall–Kier alpha value is -1.20. The van der Waals surface area contributed by atoms with E-state index in [0.717, 1.165) is 11.3 Å². The fourth-order valence-corrected chi connectivity index (χ4v) is 1.63. The number of anilines is 1. The fourth-order valence-electron chi connectivity index (χ4n) is 1.41. The Kier molecular flexibility index (Phi) is 5.69. The largest absolute Gasteiger partial charge is 0.336 e. The predicted molar refractivity (Wildman–Crippen MR) is 83.7 cm³/mol. The molecule has 0 aromatic heterocycles. The zero-order valence-corrected chi connectivity index (χ0v) is 12.8. The number of rotatable bonds is 5. The van der Waals surface area contributed by atoms with Gasteiger partial charge in [-0.1, -0.05) is 12.1 Å². The molecule has 0 aliphatic carbocycles. The molecule has 0 aliphatic rings. The molecule has 2 amide bonds. The second kappa shape index (κ2) is 6.82. The number of carbonyl (C=O) groups is 1. The van der Waals surface area contributed by atoms with Gasteiger partial charge in [-0.05, 0) is 44.7 Å². The molecular formula is C14H23N3OS. The molecule has 5 heteroatoms. The first-order valence-corrected chi connectivity index (χ1v) is 7.52. The molecule has 0 saturated carbocycles. The summed E-state index contributed by atoms with van der Waals surface area (Å²) < 4.78 is 0.0379. The van der Waals surface area contributed by atoms with E-state index in [2.05, 4.69) is 24.5 Å². The normalized spacial score (nSPS) is 12.9. The molecule has 0 saturated heterocycles. The summed E-state index contributed by atoms with van der Waals surface area (Å²) in [7, 11) is 0. The molecule has 19 heavy (non-hydrogen) atoms. The number of hydrogen-bond donors (Lipinski definition) is 3. The van der Waals surface area contributed by atoms with E-state index in [1.54, 1.807) is 11.8 Å². The molecule has 0 heterocycles. The van der Waals surface area contributed by atoms with Crippen LogP contribution in [-0.2, 0) is 0 Å². The zero-order valence-electron chi connectivity index (χ0n) is 12.0. The van der Waals surface area contributed by atoms with Crippen molar-refractivity contribution in [2.24, 2.45) is 5.73 Å². The maximum absolute atomic E-state index is 11.7. The lowest BCUT2D eigenvalue weighted by molar-refractivity contribution is 0.251. The number of nitrogens with one attached hydrogen (secondary N) is 2. The molecule has 0 spiro atoms. The van der Waals surface area contributed by atoms with Crippen molar-refractivity contribution in [1.82, 2.24) is 5.32 Å². The Labute approximate surface area is 119 Å². The molecule has 1 rings (SSSR count). The molecule has 0 fully saturated rings. The number of amides is 2. The van der Waals surface area contributed by atoms with Crippen LogP contribution in [0.1, 0.15) is 32.4 Å². The van der Waals surface area contributed by atoms with Crippen molar-refractivity contribution in [2.45, 2.75) is 31.6 Å². The average Bonchev–Trinajstić information content (AvgIpc) is 2.37. The Balaban J connectivity index is 2.48. The van der Waals surface area contributed by atoms with Crippen molar-refractivity contribution in [3.05, 3.63) is 29.8 Å². The molecule has 106 valence electrons. The van der Waals surface area contributed by atoms with Gasteiger partial charge in [0.2, 0.25) is 0 Å². The van der Waals surface area contributed by atoms with Crippen LogP contribution >= 0.6 is 11.8 Å². The van der Waals surface area contributed by atoms with Gasteiger partial charge in [0.05, 0.1) is 0 Å². The number of thioether (sulfide) groups is 1. The quantitative estimate of drug-likeness (QED) is 0.777. The third-order valence-corrected chi connectivity index (χ3v) is 4.17. The Morgan fingerprint density at radius 2 is 1.95 bits per heavy atom. The molecular weight excluding hydrogens is 258 g/mol. The predicted octanol–water partition coefficient (Wildman–Crippen LogP) is 2.97. The van der Waals surface area contributed by atoms with E-state index in [9.17, 15) is 4.79 Å². The molecule has 0 aliphatic heterocycles. The topological polar surface area (TPSA) is 67.2 Å². The molecule has 1 unspecified atom stereocenters. The Morgan fingerprint density at radius 3 is 2.42 bits per heavy atom. The molecule has 0 bridgehead atoms. The minimum atomic E-state index is -0.185. The number of carbonyl (C=O) groups excluding carboxylic acids is 1. The zero-order chi connectivity index (χ0) is 14.5. The minimum absolute atomic E-state index is 0.00487. The van der Waals surface area contributed by atoms with Crippen molar-refractivity contribution in [3.63, 3.8) is 0 Å². The van der Waals surface area contributed by atoms with Crippen LogP contribution in [0.25, 0.3) is 0 Å². The molecule has 4 nitrogen and oxygen atoms in total. The highest BCUT2D eigenvalue weighted by Gasteiger charge is 2.16. The van der Waals surface area contributed by atoms with Gasteiger partial charge in [-0.2, -0.15) is 11.8 Å². The smallest absolute Gasteiger partial charge is 0.319 e. The van der Waals surface area contributed by atoms with E-state index in [1.807, 2.05) is 37.4 Å². The van der Waals surface area contributed by atoms with E-state index >= 15 is 0 Å². The second-order valence-corrected chi connectivity index (χ2v) is 6.70. The third-order valence-electron chi connectivity index (χ3n) is 2.92. The van der Waals surface area contributed by atoms with Gasteiger partial charge in [-0.25, -0.2) is 4.79 Å². The van der Waals surface area contributed by atoms with Crippen LogP contribution < -0.4 is 16.4 Å². The molecule has 4 N–H and O–H groups in total. The molecule has 1 aromatic rings. The van der Waals surface area contributed by atoms with Crippen LogP contribution in [0.3, 0.4) is 0 Å². The first kappa shape index (κ1) is 15.9. The number of hydrogen-bond acceptors (Lipinski definition) is 3. The lowest BCUT2D eigenvalue weighted by atomic mass is 10.1. The van der Waals surface area contributed by atoms with Crippen molar-refractivity contribution < 1.29 is 4.79 Å².